The molecule has 0 amide bonds. The van der Waals surface area contributed by atoms with Crippen molar-refractivity contribution in [2.45, 2.75) is 6.42 Å². The monoisotopic (exact) mass is 116 g/mol. The van der Waals surface area contributed by atoms with Crippen LogP contribution in [0.5, 0.6) is 0 Å². The van der Waals surface area contributed by atoms with Crippen LogP contribution in [0, 0.1) is 18.9 Å². The summed E-state index contributed by atoms with van der Waals surface area (Å²) in [4.78, 5) is 0. The summed E-state index contributed by atoms with van der Waals surface area (Å²) in [5.74, 6) is 0.514. The van der Waals surface area contributed by atoms with Crippen LogP contribution in [-0.2, 0) is 0 Å². The third kappa shape index (κ3) is 1.93. The van der Waals surface area contributed by atoms with Crippen LogP contribution in [0.2, 0.25) is 0 Å². The Morgan fingerprint density at radius 3 is 2.75 bits per heavy atom. The van der Waals surface area contributed by atoms with Crippen molar-refractivity contribution >= 4 is 23.1 Å². The van der Waals surface area contributed by atoms with Crippen LogP contribution in [-0.4, -0.2) is 23.1 Å². The first-order valence-electron chi connectivity index (χ1n) is 2.48. The second-order valence-corrected chi connectivity index (χ2v) is 1.71. The molecular formula is C7H8Mg. The second-order valence-electron chi connectivity index (χ2n) is 1.71. The van der Waals surface area contributed by atoms with E-state index in [2.05, 4.69) is 12.5 Å². The summed E-state index contributed by atoms with van der Waals surface area (Å²) in [7, 11) is 0. The van der Waals surface area contributed by atoms with Gasteiger partial charge in [0.15, 0.2) is 0 Å². The summed E-state index contributed by atoms with van der Waals surface area (Å²) in [6.07, 6.45) is 9.08. The van der Waals surface area contributed by atoms with E-state index in [4.69, 9.17) is 6.58 Å². The first-order valence-corrected chi connectivity index (χ1v) is 2.48. The first kappa shape index (κ1) is 8.12. The van der Waals surface area contributed by atoms with Crippen LogP contribution in [0.25, 0.3) is 0 Å². The van der Waals surface area contributed by atoms with E-state index in [1.54, 1.807) is 6.08 Å². The molecule has 0 bridgehead atoms. The molecule has 0 aliphatic heterocycles. The van der Waals surface area contributed by atoms with Gasteiger partial charge in [0.05, 0.1) is 0 Å². The molecule has 1 rings (SSSR count). The smallest absolute Gasteiger partial charge is 0.519 e. The van der Waals surface area contributed by atoms with Crippen molar-refractivity contribution in [1.82, 2.24) is 0 Å². The van der Waals surface area contributed by atoms with Crippen molar-refractivity contribution in [3.63, 3.8) is 0 Å². The van der Waals surface area contributed by atoms with Gasteiger partial charge in [-0.05, 0) is 0 Å². The van der Waals surface area contributed by atoms with Crippen molar-refractivity contribution in [1.29, 1.82) is 0 Å². The number of rotatable bonds is 1. The van der Waals surface area contributed by atoms with E-state index in [0.717, 1.165) is 6.42 Å². The Kier molecular flexibility index (Phi) is 4.10. The summed E-state index contributed by atoms with van der Waals surface area (Å²) >= 11 is 0. The molecule has 0 N–H and O–H groups in total. The van der Waals surface area contributed by atoms with Crippen molar-refractivity contribution in [2.75, 3.05) is 0 Å². The van der Waals surface area contributed by atoms with Gasteiger partial charge in [-0.25, -0.2) is 18.6 Å². The molecule has 1 aliphatic carbocycles. The Bertz CT molecular complexity index is 94.6. The van der Waals surface area contributed by atoms with Crippen molar-refractivity contribution in [3.05, 3.63) is 31.2 Å². The standard InChI is InChI=1S/C7H8.Mg/c1-2-7-5-3-4-6-7;/h1-5,7H,6H2;/q-2;+2. The van der Waals surface area contributed by atoms with Gasteiger partial charge >= 0.3 is 23.1 Å². The summed E-state index contributed by atoms with van der Waals surface area (Å²) < 4.78 is 0. The molecule has 0 saturated heterocycles. The van der Waals surface area contributed by atoms with Gasteiger partial charge in [-0.2, -0.15) is 0 Å². The molecular weight excluding hydrogens is 108 g/mol. The fourth-order valence-corrected chi connectivity index (χ4v) is 0.678. The number of hydrogen-bond acceptors (Lipinski definition) is 0. The molecule has 0 aromatic rings. The van der Waals surface area contributed by atoms with Gasteiger partial charge in [0, 0.05) is 0 Å². The maximum Gasteiger partial charge on any atom is 2.00 e. The van der Waals surface area contributed by atoms with Crippen molar-refractivity contribution in [2.24, 2.45) is 5.92 Å². The van der Waals surface area contributed by atoms with E-state index >= 15 is 0 Å². The molecule has 0 fully saturated rings. The molecule has 0 aromatic carbocycles. The van der Waals surface area contributed by atoms with Gasteiger partial charge < -0.3 is 6.58 Å². The van der Waals surface area contributed by atoms with Crippen LogP contribution in [0.4, 0.5) is 0 Å². The van der Waals surface area contributed by atoms with Crippen LogP contribution < -0.4 is 0 Å². The Labute approximate surface area is 66.8 Å². The average molecular weight is 116 g/mol. The van der Waals surface area contributed by atoms with Crippen LogP contribution in [0.15, 0.2) is 18.2 Å². The summed E-state index contributed by atoms with van der Waals surface area (Å²) in [5, 5.41) is 0. The second kappa shape index (κ2) is 4.04. The molecule has 1 heteroatoms. The van der Waals surface area contributed by atoms with Gasteiger partial charge in [-0.3, -0.25) is 6.08 Å². The van der Waals surface area contributed by atoms with E-state index < -0.39 is 0 Å². The molecule has 8 heavy (non-hydrogen) atoms. The Hall–Kier alpha value is 0.116. The normalized spacial score (nSPS) is 23.8. The maximum absolute atomic E-state index is 5.24. The van der Waals surface area contributed by atoms with Gasteiger partial charge in [-0.1, -0.05) is 0 Å². The van der Waals surface area contributed by atoms with E-state index in [0.29, 0.717) is 5.92 Å². The largest absolute Gasteiger partial charge is 2.00 e. The fraction of sp³-hybridized carbons (Fsp3) is 0.286. The zero-order valence-corrected chi connectivity index (χ0v) is 6.29. The number of hydrogen-bond donors (Lipinski definition) is 0. The molecule has 1 atom stereocenters. The van der Waals surface area contributed by atoms with E-state index in [1.807, 2.05) is 6.08 Å². The third-order valence-corrected chi connectivity index (χ3v) is 1.15. The molecule has 0 heterocycles. The summed E-state index contributed by atoms with van der Waals surface area (Å²) in [6, 6.07) is 0. The minimum Gasteiger partial charge on any atom is -0.519 e. The Balaban J connectivity index is 0.000000490. The van der Waals surface area contributed by atoms with Crippen molar-refractivity contribution in [3.8, 4) is 0 Å². The molecule has 0 spiro atoms. The zero-order chi connectivity index (χ0) is 5.11. The van der Waals surface area contributed by atoms with Gasteiger partial charge in [-0.15, -0.1) is 12.3 Å². The predicted molar refractivity (Wildman–Crippen MR) is 36.2 cm³/mol. The molecule has 1 unspecified atom stereocenters. The zero-order valence-electron chi connectivity index (χ0n) is 4.88. The molecule has 1 aliphatic rings. The van der Waals surface area contributed by atoms with Crippen LogP contribution in [0.1, 0.15) is 6.42 Å². The molecule has 0 saturated carbocycles. The first-order chi connectivity index (χ1) is 3.43. The van der Waals surface area contributed by atoms with Gasteiger partial charge in [0.2, 0.25) is 0 Å². The molecule has 0 nitrogen and oxygen atoms in total. The molecule has 0 aromatic heterocycles. The maximum atomic E-state index is 5.24. The fourth-order valence-electron chi connectivity index (χ4n) is 0.678. The van der Waals surface area contributed by atoms with Crippen molar-refractivity contribution < 1.29 is 0 Å². The average Bonchev–Trinajstić information content (AvgIpc) is 2.14. The van der Waals surface area contributed by atoms with E-state index in [9.17, 15) is 0 Å². The summed E-state index contributed by atoms with van der Waals surface area (Å²) in [5.41, 5.74) is 0. The van der Waals surface area contributed by atoms with Gasteiger partial charge in [0.25, 0.3) is 0 Å². The van der Waals surface area contributed by atoms with Crippen LogP contribution in [0.3, 0.4) is 0 Å². The predicted octanol–water partition coefficient (Wildman–Crippen LogP) is 1.38. The Morgan fingerprint density at radius 1 is 1.75 bits per heavy atom. The number of allylic oxidation sites excluding steroid dienone is 3. The van der Waals surface area contributed by atoms with Crippen LogP contribution >= 0.6 is 0 Å². The minimum absolute atomic E-state index is 0. The topological polar surface area (TPSA) is 0 Å². The molecule has 0 radical (unpaired) electrons. The van der Waals surface area contributed by atoms with E-state index in [1.165, 1.54) is 0 Å². The summed E-state index contributed by atoms with van der Waals surface area (Å²) in [6.45, 7) is 5.24. The van der Waals surface area contributed by atoms with Gasteiger partial charge in [0.1, 0.15) is 0 Å². The quantitative estimate of drug-likeness (QED) is 0.359. The third-order valence-electron chi connectivity index (χ3n) is 1.15. The SMILES string of the molecule is [CH-]=CC1C=C[CH-]C1.[Mg+2]. The molecule has 38 valence electrons. The minimum atomic E-state index is 0. The Morgan fingerprint density at radius 2 is 2.50 bits per heavy atom. The van der Waals surface area contributed by atoms with E-state index in [-0.39, 0.29) is 23.1 Å².